The number of phenolic OH excluding ortho intramolecular Hbond substituents is 1. The molecule has 0 aliphatic rings. The average Bonchev–Trinajstić information content (AvgIpc) is 2.18. The lowest BCUT2D eigenvalue weighted by Crippen LogP contribution is -1.79. The second-order valence-corrected chi connectivity index (χ2v) is 2.69. The quantitative estimate of drug-likeness (QED) is 0.312. The van der Waals surface area contributed by atoms with Crippen LogP contribution in [0.25, 0.3) is 10.4 Å². The summed E-state index contributed by atoms with van der Waals surface area (Å²) in [5.41, 5.74) is 9.58. The average molecular weight is 187 g/mol. The molecule has 0 amide bonds. The first-order chi connectivity index (χ1) is 6.74. The summed E-state index contributed by atoms with van der Waals surface area (Å²) in [4.78, 5) is 2.58. The topological polar surface area (TPSA) is 69.0 Å². The lowest BCUT2D eigenvalue weighted by atomic mass is 10.1. The summed E-state index contributed by atoms with van der Waals surface area (Å²) in [5.74, 6) is 5.77. The van der Waals surface area contributed by atoms with Crippen molar-refractivity contribution in [3.8, 4) is 17.6 Å². The zero-order chi connectivity index (χ0) is 10.4. The van der Waals surface area contributed by atoms with E-state index >= 15 is 0 Å². The minimum Gasteiger partial charge on any atom is -0.508 e. The predicted octanol–water partition coefficient (Wildman–Crippen LogP) is 2.36. The summed E-state index contributed by atoms with van der Waals surface area (Å²) in [5, 5.41) is 12.5. The minimum absolute atomic E-state index is 0.163. The van der Waals surface area contributed by atoms with E-state index in [-0.39, 0.29) is 12.3 Å². The van der Waals surface area contributed by atoms with Gasteiger partial charge in [-0.3, -0.25) is 0 Å². The first-order valence-corrected chi connectivity index (χ1v) is 4.03. The third-order valence-electron chi connectivity index (χ3n) is 1.64. The van der Waals surface area contributed by atoms with E-state index in [0.29, 0.717) is 0 Å². The van der Waals surface area contributed by atoms with Crippen molar-refractivity contribution in [2.75, 3.05) is 6.54 Å². The highest BCUT2D eigenvalue weighted by Crippen LogP contribution is 2.15. The fourth-order valence-electron chi connectivity index (χ4n) is 0.942. The van der Waals surface area contributed by atoms with Gasteiger partial charge in [-0.2, -0.15) is 0 Å². The first kappa shape index (κ1) is 9.97. The molecule has 0 saturated heterocycles. The largest absolute Gasteiger partial charge is 0.508 e. The Morgan fingerprint density at radius 2 is 2.36 bits per heavy atom. The standard InChI is InChI=1S/C10H9N3O/c1-8-7-9(4-5-10(8)14)3-2-6-12-13-11/h4-5,7,14H,6H2,1H3. The summed E-state index contributed by atoms with van der Waals surface area (Å²) >= 11 is 0. The Bertz CT molecular complexity index is 436. The highest BCUT2D eigenvalue weighted by molar-refractivity contribution is 5.42. The third kappa shape index (κ3) is 2.74. The van der Waals surface area contributed by atoms with E-state index in [0.717, 1.165) is 11.1 Å². The summed E-state index contributed by atoms with van der Waals surface area (Å²) in [6.07, 6.45) is 0. The molecule has 0 radical (unpaired) electrons. The zero-order valence-corrected chi connectivity index (χ0v) is 7.73. The molecule has 0 aromatic heterocycles. The van der Waals surface area contributed by atoms with Crippen LogP contribution in [0.3, 0.4) is 0 Å². The fourth-order valence-corrected chi connectivity index (χ4v) is 0.942. The Hall–Kier alpha value is -2.11. The molecule has 1 aromatic rings. The molecular formula is C10H9N3O. The molecular weight excluding hydrogens is 178 g/mol. The summed E-state index contributed by atoms with van der Waals surface area (Å²) < 4.78 is 0. The minimum atomic E-state index is 0.163. The molecule has 0 spiro atoms. The number of rotatable bonds is 1. The van der Waals surface area contributed by atoms with Crippen LogP contribution in [0, 0.1) is 18.8 Å². The summed E-state index contributed by atoms with van der Waals surface area (Å²) in [7, 11) is 0. The van der Waals surface area contributed by atoms with Crippen molar-refractivity contribution in [2.24, 2.45) is 5.11 Å². The van der Waals surface area contributed by atoms with Crippen molar-refractivity contribution < 1.29 is 5.11 Å². The van der Waals surface area contributed by atoms with Gasteiger partial charge in [0, 0.05) is 10.5 Å². The second-order valence-electron chi connectivity index (χ2n) is 2.69. The van der Waals surface area contributed by atoms with E-state index in [9.17, 15) is 5.11 Å². The third-order valence-corrected chi connectivity index (χ3v) is 1.64. The number of phenols is 1. The van der Waals surface area contributed by atoms with Crippen molar-refractivity contribution in [3.05, 3.63) is 39.8 Å². The molecule has 0 aliphatic heterocycles. The Balaban J connectivity index is 2.80. The van der Waals surface area contributed by atoms with E-state index < -0.39 is 0 Å². The van der Waals surface area contributed by atoms with Gasteiger partial charge >= 0.3 is 0 Å². The Morgan fingerprint density at radius 1 is 1.57 bits per heavy atom. The van der Waals surface area contributed by atoms with Crippen LogP contribution in [-0.4, -0.2) is 11.7 Å². The van der Waals surface area contributed by atoms with Crippen LogP contribution in [0.2, 0.25) is 0 Å². The number of hydrogen-bond donors (Lipinski definition) is 1. The Kier molecular flexibility index (Phi) is 3.42. The van der Waals surface area contributed by atoms with Crippen molar-refractivity contribution >= 4 is 0 Å². The van der Waals surface area contributed by atoms with Gasteiger partial charge in [0.1, 0.15) is 5.75 Å². The molecule has 1 rings (SSSR count). The summed E-state index contributed by atoms with van der Waals surface area (Å²) in [6, 6.07) is 5.08. The molecule has 0 atom stereocenters. The molecule has 0 bridgehead atoms. The molecule has 0 heterocycles. The van der Waals surface area contributed by atoms with Gasteiger partial charge in [0.05, 0.1) is 6.54 Å². The van der Waals surface area contributed by atoms with Gasteiger partial charge in [-0.1, -0.05) is 17.0 Å². The normalized spacial score (nSPS) is 8.36. The van der Waals surface area contributed by atoms with E-state index in [4.69, 9.17) is 5.53 Å². The number of benzene rings is 1. The van der Waals surface area contributed by atoms with Crippen molar-refractivity contribution in [2.45, 2.75) is 6.92 Å². The molecule has 4 heteroatoms. The summed E-state index contributed by atoms with van der Waals surface area (Å²) in [6.45, 7) is 1.96. The molecule has 14 heavy (non-hydrogen) atoms. The number of azide groups is 1. The van der Waals surface area contributed by atoms with E-state index in [1.807, 2.05) is 0 Å². The molecule has 1 aromatic carbocycles. The lowest BCUT2D eigenvalue weighted by molar-refractivity contribution is 0.471. The lowest BCUT2D eigenvalue weighted by Gasteiger charge is -1.97. The number of aromatic hydroxyl groups is 1. The first-order valence-electron chi connectivity index (χ1n) is 4.03. The smallest absolute Gasteiger partial charge is 0.118 e. The van der Waals surface area contributed by atoms with Crippen LogP contribution in [0.15, 0.2) is 23.3 Å². The van der Waals surface area contributed by atoms with Gasteiger partial charge in [-0.05, 0) is 36.2 Å². The van der Waals surface area contributed by atoms with E-state index in [1.165, 1.54) is 0 Å². The molecule has 0 unspecified atom stereocenters. The van der Waals surface area contributed by atoms with Crippen LogP contribution >= 0.6 is 0 Å². The van der Waals surface area contributed by atoms with Crippen LogP contribution in [0.5, 0.6) is 5.75 Å². The van der Waals surface area contributed by atoms with Crippen LogP contribution < -0.4 is 0 Å². The Morgan fingerprint density at radius 3 is 3.00 bits per heavy atom. The highest BCUT2D eigenvalue weighted by Gasteiger charge is 1.94. The van der Waals surface area contributed by atoms with Crippen molar-refractivity contribution in [1.82, 2.24) is 0 Å². The molecule has 0 aliphatic carbocycles. The predicted molar refractivity (Wildman–Crippen MR) is 53.7 cm³/mol. The highest BCUT2D eigenvalue weighted by atomic mass is 16.3. The van der Waals surface area contributed by atoms with Gasteiger partial charge in [0.2, 0.25) is 0 Å². The number of nitrogens with zero attached hydrogens (tertiary/aromatic N) is 3. The molecule has 0 fully saturated rings. The van der Waals surface area contributed by atoms with Crippen LogP contribution in [0.1, 0.15) is 11.1 Å². The van der Waals surface area contributed by atoms with Crippen molar-refractivity contribution in [3.63, 3.8) is 0 Å². The van der Waals surface area contributed by atoms with Crippen LogP contribution in [0.4, 0.5) is 0 Å². The number of hydrogen-bond acceptors (Lipinski definition) is 2. The van der Waals surface area contributed by atoms with Gasteiger partial charge in [-0.15, -0.1) is 0 Å². The molecule has 4 nitrogen and oxygen atoms in total. The fraction of sp³-hybridized carbons (Fsp3) is 0.200. The monoisotopic (exact) mass is 187 g/mol. The maximum absolute atomic E-state index is 9.24. The second kappa shape index (κ2) is 4.80. The molecule has 1 N–H and O–H groups in total. The Labute approximate surface area is 81.8 Å². The van der Waals surface area contributed by atoms with Gasteiger partial charge in [0.25, 0.3) is 0 Å². The van der Waals surface area contributed by atoms with Gasteiger partial charge in [-0.25, -0.2) is 0 Å². The van der Waals surface area contributed by atoms with E-state index in [2.05, 4.69) is 21.9 Å². The van der Waals surface area contributed by atoms with E-state index in [1.54, 1.807) is 25.1 Å². The zero-order valence-electron chi connectivity index (χ0n) is 7.73. The van der Waals surface area contributed by atoms with Gasteiger partial charge < -0.3 is 5.11 Å². The van der Waals surface area contributed by atoms with Crippen LogP contribution in [-0.2, 0) is 0 Å². The molecule has 70 valence electrons. The SMILES string of the molecule is Cc1cc(C#CCN=[N+]=[N-])ccc1O. The molecule has 0 saturated carbocycles. The number of aryl methyl sites for hydroxylation is 1. The van der Waals surface area contributed by atoms with Crippen molar-refractivity contribution in [1.29, 1.82) is 0 Å². The maximum Gasteiger partial charge on any atom is 0.118 e. The maximum atomic E-state index is 9.24. The van der Waals surface area contributed by atoms with Gasteiger partial charge in [0.15, 0.2) is 0 Å².